The first kappa shape index (κ1) is 13.3. The predicted molar refractivity (Wildman–Crippen MR) is 73.7 cm³/mol. The van der Waals surface area contributed by atoms with Crippen molar-refractivity contribution in [2.45, 2.75) is 52.1 Å². The molecule has 1 aliphatic carbocycles. The molecule has 18 heavy (non-hydrogen) atoms. The number of pyridine rings is 1. The highest BCUT2D eigenvalue weighted by Crippen LogP contribution is 2.35. The third-order valence-corrected chi connectivity index (χ3v) is 3.96. The molecule has 0 radical (unpaired) electrons. The SMILES string of the molecule is COc1ncccc1CNC1CCC(C)(C)CC1. The van der Waals surface area contributed by atoms with E-state index in [1.54, 1.807) is 13.3 Å². The van der Waals surface area contributed by atoms with E-state index in [2.05, 4.69) is 30.2 Å². The fraction of sp³-hybridized carbons (Fsp3) is 0.667. The molecular formula is C15H24N2O. The fourth-order valence-corrected chi connectivity index (χ4v) is 2.60. The molecule has 2 rings (SSSR count). The van der Waals surface area contributed by atoms with E-state index in [1.165, 1.54) is 25.7 Å². The van der Waals surface area contributed by atoms with E-state index >= 15 is 0 Å². The Kier molecular flexibility index (Phi) is 4.23. The van der Waals surface area contributed by atoms with Crippen LogP contribution in [0.15, 0.2) is 18.3 Å². The van der Waals surface area contributed by atoms with Crippen LogP contribution in [0.2, 0.25) is 0 Å². The molecule has 1 aromatic rings. The summed E-state index contributed by atoms with van der Waals surface area (Å²) in [5, 5.41) is 3.63. The van der Waals surface area contributed by atoms with E-state index in [4.69, 9.17) is 4.74 Å². The lowest BCUT2D eigenvalue weighted by molar-refractivity contribution is 0.205. The molecular weight excluding hydrogens is 224 g/mol. The second kappa shape index (κ2) is 5.70. The van der Waals surface area contributed by atoms with Gasteiger partial charge in [0.2, 0.25) is 5.88 Å². The van der Waals surface area contributed by atoms with Gasteiger partial charge in [0, 0.05) is 24.3 Å². The predicted octanol–water partition coefficient (Wildman–Crippen LogP) is 3.15. The second-order valence-electron chi connectivity index (χ2n) is 5.99. The topological polar surface area (TPSA) is 34.1 Å². The molecule has 0 atom stereocenters. The Morgan fingerprint density at radius 1 is 1.39 bits per heavy atom. The summed E-state index contributed by atoms with van der Waals surface area (Å²) in [6.07, 6.45) is 6.94. The zero-order chi connectivity index (χ0) is 13.0. The zero-order valence-electron chi connectivity index (χ0n) is 11.7. The minimum Gasteiger partial charge on any atom is -0.481 e. The van der Waals surface area contributed by atoms with Crippen LogP contribution in [0.25, 0.3) is 0 Å². The van der Waals surface area contributed by atoms with Gasteiger partial charge in [0.1, 0.15) is 0 Å². The average Bonchev–Trinajstić information content (AvgIpc) is 2.38. The maximum atomic E-state index is 5.27. The van der Waals surface area contributed by atoms with Crippen molar-refractivity contribution in [1.29, 1.82) is 0 Å². The molecule has 1 heterocycles. The van der Waals surface area contributed by atoms with Crippen molar-refractivity contribution in [3.8, 4) is 5.88 Å². The summed E-state index contributed by atoms with van der Waals surface area (Å²) >= 11 is 0. The molecule has 0 spiro atoms. The Bertz CT molecular complexity index is 380. The van der Waals surface area contributed by atoms with Crippen molar-refractivity contribution < 1.29 is 4.74 Å². The quantitative estimate of drug-likeness (QED) is 0.888. The number of ether oxygens (including phenoxy) is 1. The van der Waals surface area contributed by atoms with Gasteiger partial charge in [-0.1, -0.05) is 19.9 Å². The van der Waals surface area contributed by atoms with Crippen molar-refractivity contribution in [2.24, 2.45) is 5.41 Å². The van der Waals surface area contributed by atoms with E-state index in [0.29, 0.717) is 11.5 Å². The van der Waals surface area contributed by atoms with Crippen molar-refractivity contribution in [1.82, 2.24) is 10.3 Å². The molecule has 0 aliphatic heterocycles. The fourth-order valence-electron chi connectivity index (χ4n) is 2.60. The molecule has 0 aromatic carbocycles. The monoisotopic (exact) mass is 248 g/mol. The Balaban J connectivity index is 1.85. The Morgan fingerprint density at radius 3 is 2.78 bits per heavy atom. The maximum absolute atomic E-state index is 5.27. The summed E-state index contributed by atoms with van der Waals surface area (Å²) in [5.74, 6) is 0.737. The van der Waals surface area contributed by atoms with E-state index in [0.717, 1.165) is 18.0 Å². The first-order valence-electron chi connectivity index (χ1n) is 6.82. The van der Waals surface area contributed by atoms with Crippen LogP contribution in [0, 0.1) is 5.41 Å². The van der Waals surface area contributed by atoms with E-state index < -0.39 is 0 Å². The second-order valence-corrected chi connectivity index (χ2v) is 5.99. The number of rotatable bonds is 4. The van der Waals surface area contributed by atoms with Crippen LogP contribution in [0.3, 0.4) is 0 Å². The van der Waals surface area contributed by atoms with E-state index in [1.807, 2.05) is 6.07 Å². The number of nitrogens with zero attached hydrogens (tertiary/aromatic N) is 1. The van der Waals surface area contributed by atoms with E-state index in [9.17, 15) is 0 Å². The lowest BCUT2D eigenvalue weighted by Gasteiger charge is -2.34. The summed E-state index contributed by atoms with van der Waals surface area (Å²) in [5.41, 5.74) is 1.68. The lowest BCUT2D eigenvalue weighted by Crippen LogP contribution is -2.35. The third-order valence-electron chi connectivity index (χ3n) is 3.96. The van der Waals surface area contributed by atoms with Crippen LogP contribution in [0.1, 0.15) is 45.1 Å². The van der Waals surface area contributed by atoms with Crippen LogP contribution < -0.4 is 10.1 Å². The first-order chi connectivity index (χ1) is 8.61. The van der Waals surface area contributed by atoms with Crippen LogP contribution in [0.5, 0.6) is 5.88 Å². The van der Waals surface area contributed by atoms with Crippen LogP contribution in [-0.4, -0.2) is 18.1 Å². The zero-order valence-corrected chi connectivity index (χ0v) is 11.7. The Hall–Kier alpha value is -1.09. The Morgan fingerprint density at radius 2 is 2.11 bits per heavy atom. The molecule has 3 nitrogen and oxygen atoms in total. The minimum absolute atomic E-state index is 0.532. The number of methoxy groups -OCH3 is 1. The highest BCUT2D eigenvalue weighted by Gasteiger charge is 2.26. The molecule has 1 saturated carbocycles. The summed E-state index contributed by atoms with van der Waals surface area (Å²) in [7, 11) is 1.68. The number of aromatic nitrogens is 1. The summed E-state index contributed by atoms with van der Waals surface area (Å²) < 4.78 is 5.27. The minimum atomic E-state index is 0.532. The Labute approximate surface area is 110 Å². The standard InChI is InChI=1S/C15H24N2O/c1-15(2)8-6-13(7-9-15)17-11-12-5-4-10-16-14(12)18-3/h4-5,10,13,17H,6-9,11H2,1-3H3. The molecule has 0 bridgehead atoms. The van der Waals surface area contributed by atoms with Crippen molar-refractivity contribution in [3.05, 3.63) is 23.9 Å². The van der Waals surface area contributed by atoms with Gasteiger partial charge < -0.3 is 10.1 Å². The third kappa shape index (κ3) is 3.45. The van der Waals surface area contributed by atoms with E-state index in [-0.39, 0.29) is 0 Å². The average molecular weight is 248 g/mol. The van der Waals surface area contributed by atoms with Gasteiger partial charge in [0.05, 0.1) is 7.11 Å². The molecule has 0 saturated heterocycles. The van der Waals surface area contributed by atoms with Gasteiger partial charge in [-0.25, -0.2) is 4.98 Å². The summed E-state index contributed by atoms with van der Waals surface area (Å²) in [6.45, 7) is 5.59. The van der Waals surface area contributed by atoms with Crippen molar-refractivity contribution in [3.63, 3.8) is 0 Å². The molecule has 100 valence electrons. The van der Waals surface area contributed by atoms with Crippen LogP contribution in [0.4, 0.5) is 0 Å². The van der Waals surface area contributed by atoms with Crippen LogP contribution >= 0.6 is 0 Å². The van der Waals surface area contributed by atoms with Gasteiger partial charge >= 0.3 is 0 Å². The van der Waals surface area contributed by atoms with Crippen LogP contribution in [-0.2, 0) is 6.54 Å². The smallest absolute Gasteiger partial charge is 0.217 e. The normalized spacial score (nSPS) is 19.7. The van der Waals surface area contributed by atoms with Gasteiger partial charge in [-0.2, -0.15) is 0 Å². The van der Waals surface area contributed by atoms with Crippen molar-refractivity contribution in [2.75, 3.05) is 7.11 Å². The maximum Gasteiger partial charge on any atom is 0.217 e. The first-order valence-corrected chi connectivity index (χ1v) is 6.82. The molecule has 1 aliphatic rings. The van der Waals surface area contributed by atoms with Gasteiger partial charge in [-0.3, -0.25) is 0 Å². The number of nitrogens with one attached hydrogen (secondary N) is 1. The molecule has 3 heteroatoms. The molecule has 0 amide bonds. The molecule has 1 fully saturated rings. The highest BCUT2D eigenvalue weighted by atomic mass is 16.5. The largest absolute Gasteiger partial charge is 0.481 e. The molecule has 1 aromatic heterocycles. The lowest BCUT2D eigenvalue weighted by atomic mass is 9.75. The van der Waals surface area contributed by atoms with Gasteiger partial charge in [0.25, 0.3) is 0 Å². The van der Waals surface area contributed by atoms with Gasteiger partial charge in [-0.05, 0) is 37.2 Å². The number of hydrogen-bond acceptors (Lipinski definition) is 3. The molecule has 1 N–H and O–H groups in total. The summed E-state index contributed by atoms with van der Waals surface area (Å²) in [4.78, 5) is 4.22. The number of hydrogen-bond donors (Lipinski definition) is 1. The van der Waals surface area contributed by atoms with Crippen molar-refractivity contribution >= 4 is 0 Å². The van der Waals surface area contributed by atoms with Gasteiger partial charge in [0.15, 0.2) is 0 Å². The molecule has 0 unspecified atom stereocenters. The van der Waals surface area contributed by atoms with Gasteiger partial charge in [-0.15, -0.1) is 0 Å². The highest BCUT2D eigenvalue weighted by molar-refractivity contribution is 5.25. The summed E-state index contributed by atoms with van der Waals surface area (Å²) in [6, 6.07) is 4.68.